The van der Waals surface area contributed by atoms with Crippen molar-refractivity contribution in [1.29, 1.82) is 0 Å². The number of aromatic hydroxyl groups is 1. The summed E-state index contributed by atoms with van der Waals surface area (Å²) in [7, 11) is 0. The quantitative estimate of drug-likeness (QED) is 0.552. The Morgan fingerprint density at radius 1 is 0.870 bits per heavy atom. The van der Waals surface area contributed by atoms with E-state index in [9.17, 15) is 5.11 Å². The van der Waals surface area contributed by atoms with Crippen molar-refractivity contribution in [3.63, 3.8) is 0 Å². The Bertz CT molecular complexity index is 862. The van der Waals surface area contributed by atoms with Crippen molar-refractivity contribution < 1.29 is 5.11 Å². The molecular weight excluding hydrogens is 445 g/mol. The van der Waals surface area contributed by atoms with Gasteiger partial charge in [-0.05, 0) is 62.2 Å². The number of anilines is 1. The predicted octanol–water partition coefficient (Wildman–Crippen LogP) is 5.28. The van der Waals surface area contributed by atoms with Gasteiger partial charge in [-0.3, -0.25) is 0 Å². The molecule has 0 unspecified atom stereocenters. The first-order chi connectivity index (χ1) is 10.9. The summed E-state index contributed by atoms with van der Waals surface area (Å²) >= 11 is 12.5. The minimum absolute atomic E-state index is 0.133. The van der Waals surface area contributed by atoms with Crippen LogP contribution in [0.4, 0.5) is 5.95 Å². The minimum atomic E-state index is 0.133. The van der Waals surface area contributed by atoms with E-state index < -0.39 is 0 Å². The van der Waals surface area contributed by atoms with Gasteiger partial charge in [-0.25, -0.2) is 9.97 Å². The molecule has 1 aromatic heterocycles. The number of rotatable bonds is 2. The minimum Gasteiger partial charge on any atom is -0.506 e. The molecule has 0 bridgehead atoms. The fourth-order valence-electron chi connectivity index (χ4n) is 2.10. The summed E-state index contributed by atoms with van der Waals surface area (Å²) in [5.74, 6) is 0.307. The molecule has 3 rings (SSSR count). The molecule has 0 spiro atoms. The Hall–Kier alpha value is -1.63. The fourth-order valence-corrected chi connectivity index (χ4v) is 3.41. The van der Waals surface area contributed by atoms with Crippen molar-refractivity contribution in [1.82, 2.24) is 9.97 Å². The molecule has 0 aliphatic rings. The molecule has 0 saturated carbocycles. The highest BCUT2D eigenvalue weighted by Crippen LogP contribution is 2.37. The van der Waals surface area contributed by atoms with Crippen LogP contribution < -0.4 is 5.73 Å². The van der Waals surface area contributed by atoms with Crippen LogP contribution in [0.1, 0.15) is 0 Å². The average Bonchev–Trinajstić information content (AvgIpc) is 2.52. The molecule has 0 saturated heterocycles. The van der Waals surface area contributed by atoms with Crippen LogP contribution in [0.3, 0.4) is 0 Å². The zero-order valence-electron chi connectivity index (χ0n) is 11.6. The average molecular weight is 456 g/mol. The normalized spacial score (nSPS) is 10.7. The number of phenolic OH excluding ortho intramolecular Hbond substituents is 1. The number of benzene rings is 2. The Kier molecular flexibility index (Phi) is 4.57. The Balaban J connectivity index is 2.13. The summed E-state index contributed by atoms with van der Waals surface area (Å²) in [5, 5.41) is 10.5. The van der Waals surface area contributed by atoms with Gasteiger partial charge >= 0.3 is 0 Å². The van der Waals surface area contributed by atoms with E-state index in [2.05, 4.69) is 41.8 Å². The van der Waals surface area contributed by atoms with E-state index in [1.54, 1.807) is 24.3 Å². The molecule has 0 aliphatic heterocycles. The van der Waals surface area contributed by atoms with Gasteiger partial charge in [0.05, 0.1) is 20.3 Å². The third kappa shape index (κ3) is 3.49. The van der Waals surface area contributed by atoms with Gasteiger partial charge in [0.2, 0.25) is 5.95 Å². The van der Waals surface area contributed by atoms with Crippen molar-refractivity contribution in [3.05, 3.63) is 56.4 Å². The SMILES string of the molecule is Nc1nc(-c2ccc(Cl)cc2)cc(-c2cc(Br)c(O)c(Br)c2)n1. The summed E-state index contributed by atoms with van der Waals surface area (Å²) in [6.07, 6.45) is 0. The second kappa shape index (κ2) is 6.47. The zero-order chi connectivity index (χ0) is 16.6. The van der Waals surface area contributed by atoms with Gasteiger partial charge < -0.3 is 10.8 Å². The van der Waals surface area contributed by atoms with Crippen LogP contribution in [0.25, 0.3) is 22.5 Å². The van der Waals surface area contributed by atoms with Crippen LogP contribution in [-0.4, -0.2) is 15.1 Å². The lowest BCUT2D eigenvalue weighted by atomic mass is 10.1. The second-order valence-electron chi connectivity index (χ2n) is 4.79. The molecule has 4 nitrogen and oxygen atoms in total. The molecule has 0 amide bonds. The summed E-state index contributed by atoms with van der Waals surface area (Å²) in [4.78, 5) is 8.55. The van der Waals surface area contributed by atoms with E-state index in [4.69, 9.17) is 17.3 Å². The monoisotopic (exact) mass is 453 g/mol. The van der Waals surface area contributed by atoms with Gasteiger partial charge in [-0.15, -0.1) is 0 Å². The number of phenols is 1. The molecule has 0 atom stereocenters. The fraction of sp³-hybridized carbons (Fsp3) is 0. The standard InChI is InChI=1S/C16H10Br2ClN3O/c17-11-5-9(6-12(18)15(11)23)14-7-13(21-16(20)22-14)8-1-3-10(19)4-2-8/h1-7,23H,(H2,20,21,22). The summed E-state index contributed by atoms with van der Waals surface area (Å²) in [5.41, 5.74) is 8.89. The molecule has 1 heterocycles. The second-order valence-corrected chi connectivity index (χ2v) is 6.94. The maximum Gasteiger partial charge on any atom is 0.221 e. The lowest BCUT2D eigenvalue weighted by molar-refractivity contribution is 0.468. The van der Waals surface area contributed by atoms with E-state index in [-0.39, 0.29) is 11.7 Å². The van der Waals surface area contributed by atoms with Gasteiger partial charge in [-0.2, -0.15) is 0 Å². The highest BCUT2D eigenvalue weighted by Gasteiger charge is 2.11. The van der Waals surface area contributed by atoms with Gasteiger partial charge in [0.1, 0.15) is 5.75 Å². The molecule has 0 aliphatic carbocycles. The number of nitrogen functional groups attached to an aromatic ring is 1. The highest BCUT2D eigenvalue weighted by molar-refractivity contribution is 9.11. The van der Waals surface area contributed by atoms with E-state index >= 15 is 0 Å². The summed E-state index contributed by atoms with van der Waals surface area (Å²) in [6.45, 7) is 0. The largest absolute Gasteiger partial charge is 0.506 e. The maximum absolute atomic E-state index is 9.83. The van der Waals surface area contributed by atoms with Gasteiger partial charge in [0.25, 0.3) is 0 Å². The Morgan fingerprint density at radius 3 is 1.96 bits per heavy atom. The van der Waals surface area contributed by atoms with Crippen molar-refractivity contribution >= 4 is 49.4 Å². The molecule has 23 heavy (non-hydrogen) atoms. The highest BCUT2D eigenvalue weighted by atomic mass is 79.9. The number of aromatic nitrogens is 2. The molecular formula is C16H10Br2ClN3O. The van der Waals surface area contributed by atoms with Gasteiger partial charge in [0.15, 0.2) is 0 Å². The van der Waals surface area contributed by atoms with E-state index in [0.717, 1.165) is 11.1 Å². The van der Waals surface area contributed by atoms with Crippen LogP contribution >= 0.6 is 43.5 Å². The van der Waals surface area contributed by atoms with Crippen molar-refractivity contribution in [2.75, 3.05) is 5.73 Å². The first-order valence-electron chi connectivity index (χ1n) is 6.53. The molecule has 116 valence electrons. The maximum atomic E-state index is 9.83. The zero-order valence-corrected chi connectivity index (χ0v) is 15.5. The smallest absolute Gasteiger partial charge is 0.221 e. The van der Waals surface area contributed by atoms with Crippen molar-refractivity contribution in [3.8, 4) is 28.3 Å². The van der Waals surface area contributed by atoms with E-state index in [1.807, 2.05) is 18.2 Å². The Labute approximate surface area is 154 Å². The van der Waals surface area contributed by atoms with Crippen molar-refractivity contribution in [2.45, 2.75) is 0 Å². The van der Waals surface area contributed by atoms with Gasteiger partial charge in [-0.1, -0.05) is 23.7 Å². The van der Waals surface area contributed by atoms with Crippen LogP contribution in [0.5, 0.6) is 5.75 Å². The van der Waals surface area contributed by atoms with Crippen LogP contribution in [0, 0.1) is 0 Å². The first kappa shape index (κ1) is 16.2. The summed E-state index contributed by atoms with van der Waals surface area (Å²) < 4.78 is 1.12. The van der Waals surface area contributed by atoms with Gasteiger partial charge in [0, 0.05) is 16.1 Å². The lowest BCUT2D eigenvalue weighted by Gasteiger charge is -2.09. The van der Waals surface area contributed by atoms with E-state index in [1.165, 1.54) is 0 Å². The molecule has 2 aromatic carbocycles. The molecule has 3 aromatic rings. The number of hydrogen-bond acceptors (Lipinski definition) is 4. The number of hydrogen-bond donors (Lipinski definition) is 2. The first-order valence-corrected chi connectivity index (χ1v) is 8.49. The third-order valence-corrected chi connectivity index (χ3v) is 4.66. The lowest BCUT2D eigenvalue weighted by Crippen LogP contribution is -1.98. The molecule has 0 radical (unpaired) electrons. The van der Waals surface area contributed by atoms with E-state index in [0.29, 0.717) is 25.4 Å². The molecule has 7 heteroatoms. The van der Waals surface area contributed by atoms with Crippen molar-refractivity contribution in [2.24, 2.45) is 0 Å². The number of halogens is 3. The Morgan fingerprint density at radius 2 is 1.39 bits per heavy atom. The van der Waals surface area contributed by atoms with Crippen LogP contribution in [0.2, 0.25) is 5.02 Å². The number of nitrogens with zero attached hydrogens (tertiary/aromatic N) is 2. The number of nitrogens with two attached hydrogens (primary N) is 1. The molecule has 0 fully saturated rings. The molecule has 3 N–H and O–H groups in total. The van der Waals surface area contributed by atoms with Crippen LogP contribution in [-0.2, 0) is 0 Å². The topological polar surface area (TPSA) is 72.0 Å². The third-order valence-electron chi connectivity index (χ3n) is 3.20. The van der Waals surface area contributed by atoms with Crippen LogP contribution in [0.15, 0.2) is 51.4 Å². The predicted molar refractivity (Wildman–Crippen MR) is 99.4 cm³/mol. The summed E-state index contributed by atoms with van der Waals surface area (Å²) in [6, 6.07) is 12.7.